The molecule has 38 heavy (non-hydrogen) atoms. The van der Waals surface area contributed by atoms with Gasteiger partial charge in [-0.15, -0.1) is 0 Å². The molecule has 2 atom stereocenters. The Morgan fingerprint density at radius 1 is 0.605 bits per heavy atom. The molecule has 0 heterocycles. The molecule has 4 aromatic rings. The van der Waals surface area contributed by atoms with E-state index < -0.39 is 0 Å². The van der Waals surface area contributed by atoms with Crippen LogP contribution in [0.25, 0.3) is 22.3 Å². The van der Waals surface area contributed by atoms with Crippen molar-refractivity contribution in [3.05, 3.63) is 105 Å². The van der Waals surface area contributed by atoms with Crippen molar-refractivity contribution in [1.29, 1.82) is 0 Å². The number of phenolic OH excluding ortho intramolecular Hbond substituents is 2. The standard InChI is InChI=1S/C32H32Br2N2O2/c33-25-15-23(31(37)27(17-25)21-9-3-1-4-10-21)19-35-29-13-7-8-14-30(29)36-20-24-16-26(34)18-28(32(24)38)22-11-5-2-6-12-22/h1-6,9-12,15-18,29-30,35-38H,7-8,13-14,19-20H2/t29-,30-/m1/s1. The molecule has 1 aliphatic rings. The van der Waals surface area contributed by atoms with Crippen LogP contribution in [0.5, 0.6) is 11.5 Å². The quantitative estimate of drug-likeness (QED) is 0.158. The van der Waals surface area contributed by atoms with Crippen molar-refractivity contribution >= 4 is 31.9 Å². The first-order valence-electron chi connectivity index (χ1n) is 13.1. The number of rotatable bonds is 8. The average Bonchev–Trinajstić information content (AvgIpc) is 2.95. The van der Waals surface area contributed by atoms with Gasteiger partial charge in [-0.3, -0.25) is 0 Å². The first kappa shape index (κ1) is 26.9. The van der Waals surface area contributed by atoms with Crippen LogP contribution >= 0.6 is 31.9 Å². The van der Waals surface area contributed by atoms with Gasteiger partial charge in [-0.1, -0.05) is 105 Å². The van der Waals surface area contributed by atoms with Crippen LogP contribution in [-0.4, -0.2) is 22.3 Å². The summed E-state index contributed by atoms with van der Waals surface area (Å²) in [4.78, 5) is 0. The zero-order valence-corrected chi connectivity index (χ0v) is 24.3. The maximum atomic E-state index is 11.1. The van der Waals surface area contributed by atoms with Crippen LogP contribution in [0.2, 0.25) is 0 Å². The summed E-state index contributed by atoms with van der Waals surface area (Å²) in [5.74, 6) is 0.638. The van der Waals surface area contributed by atoms with Crippen molar-refractivity contribution in [3.63, 3.8) is 0 Å². The van der Waals surface area contributed by atoms with Gasteiger partial charge in [-0.05, 0) is 48.2 Å². The lowest BCUT2D eigenvalue weighted by atomic mass is 9.89. The maximum absolute atomic E-state index is 11.1. The van der Waals surface area contributed by atoms with Gasteiger partial charge in [0.25, 0.3) is 0 Å². The molecule has 4 N–H and O–H groups in total. The highest BCUT2D eigenvalue weighted by atomic mass is 79.9. The van der Waals surface area contributed by atoms with Crippen LogP contribution in [0.1, 0.15) is 36.8 Å². The summed E-state index contributed by atoms with van der Waals surface area (Å²) in [6.45, 7) is 1.16. The van der Waals surface area contributed by atoms with E-state index in [2.05, 4.69) is 42.5 Å². The normalized spacial score (nSPS) is 17.4. The molecule has 5 rings (SSSR count). The Bertz CT molecular complexity index is 1270. The SMILES string of the molecule is Oc1c(CN[C@@H]2CCCC[C@H]2NCc2cc(Br)cc(-c3ccccc3)c2O)cc(Br)cc1-c1ccccc1. The number of hydrogen-bond acceptors (Lipinski definition) is 4. The highest BCUT2D eigenvalue weighted by molar-refractivity contribution is 9.10. The van der Waals surface area contributed by atoms with Gasteiger partial charge in [0.1, 0.15) is 11.5 Å². The molecule has 0 aromatic heterocycles. The summed E-state index contributed by atoms with van der Waals surface area (Å²) in [5.41, 5.74) is 5.39. The minimum absolute atomic E-state index is 0.269. The fraction of sp³-hybridized carbons (Fsp3) is 0.250. The summed E-state index contributed by atoms with van der Waals surface area (Å²) in [5, 5.41) is 29.6. The van der Waals surface area contributed by atoms with E-state index in [-0.39, 0.29) is 12.1 Å². The second-order valence-electron chi connectivity index (χ2n) is 9.91. The number of phenols is 2. The lowest BCUT2D eigenvalue weighted by Gasteiger charge is -2.33. The maximum Gasteiger partial charge on any atom is 0.127 e. The largest absolute Gasteiger partial charge is 0.507 e. The predicted octanol–water partition coefficient (Wildman–Crippen LogP) is 8.15. The number of halogens is 2. The molecule has 0 radical (unpaired) electrons. The Labute approximate surface area is 241 Å². The average molecular weight is 636 g/mol. The summed E-state index contributed by atoms with van der Waals surface area (Å²) < 4.78 is 1.90. The van der Waals surface area contributed by atoms with Crippen molar-refractivity contribution < 1.29 is 10.2 Å². The van der Waals surface area contributed by atoms with E-state index in [0.717, 1.165) is 55.2 Å². The Hall–Kier alpha value is -2.64. The van der Waals surface area contributed by atoms with Crippen LogP contribution in [0.3, 0.4) is 0 Å². The number of benzene rings is 4. The summed E-state index contributed by atoms with van der Waals surface area (Å²) in [6.07, 6.45) is 4.49. The Kier molecular flexibility index (Phi) is 8.85. The molecule has 196 valence electrons. The molecule has 6 heteroatoms. The summed E-state index contributed by atoms with van der Waals surface area (Å²) in [6, 6.07) is 28.4. The molecule has 1 fully saturated rings. The summed E-state index contributed by atoms with van der Waals surface area (Å²) >= 11 is 7.26. The molecular formula is C32H32Br2N2O2. The van der Waals surface area contributed by atoms with E-state index in [1.54, 1.807) is 0 Å². The number of aromatic hydroxyl groups is 2. The van der Waals surface area contributed by atoms with Gasteiger partial charge >= 0.3 is 0 Å². The Morgan fingerprint density at radius 3 is 1.39 bits per heavy atom. The molecule has 4 nitrogen and oxygen atoms in total. The van der Waals surface area contributed by atoms with Crippen LogP contribution in [-0.2, 0) is 13.1 Å². The Morgan fingerprint density at radius 2 is 1.00 bits per heavy atom. The molecule has 0 saturated heterocycles. The van der Waals surface area contributed by atoms with E-state index in [4.69, 9.17) is 0 Å². The topological polar surface area (TPSA) is 64.5 Å². The Balaban J connectivity index is 1.29. The van der Waals surface area contributed by atoms with Gasteiger partial charge in [0, 0.05) is 56.4 Å². The zero-order chi connectivity index (χ0) is 26.5. The first-order chi connectivity index (χ1) is 18.5. The fourth-order valence-electron chi connectivity index (χ4n) is 5.36. The molecule has 0 amide bonds. The van der Waals surface area contributed by atoms with Crippen molar-refractivity contribution in [2.45, 2.75) is 50.9 Å². The third kappa shape index (κ3) is 6.32. The third-order valence-electron chi connectivity index (χ3n) is 7.35. The lowest BCUT2D eigenvalue weighted by molar-refractivity contribution is 0.279. The highest BCUT2D eigenvalue weighted by Crippen LogP contribution is 2.37. The van der Waals surface area contributed by atoms with E-state index in [1.165, 1.54) is 12.8 Å². The van der Waals surface area contributed by atoms with E-state index in [9.17, 15) is 10.2 Å². The van der Waals surface area contributed by atoms with Crippen LogP contribution in [0.15, 0.2) is 93.9 Å². The van der Waals surface area contributed by atoms with Gasteiger partial charge in [0.15, 0.2) is 0 Å². The molecule has 0 unspecified atom stereocenters. The van der Waals surface area contributed by atoms with Gasteiger partial charge in [-0.2, -0.15) is 0 Å². The van der Waals surface area contributed by atoms with Crippen molar-refractivity contribution in [2.24, 2.45) is 0 Å². The van der Waals surface area contributed by atoms with E-state index in [1.807, 2.05) is 84.9 Å². The van der Waals surface area contributed by atoms with Crippen LogP contribution in [0, 0.1) is 0 Å². The molecular weight excluding hydrogens is 604 g/mol. The number of nitrogens with one attached hydrogen (secondary N) is 2. The van der Waals surface area contributed by atoms with Crippen molar-refractivity contribution in [3.8, 4) is 33.8 Å². The van der Waals surface area contributed by atoms with Gasteiger partial charge in [-0.25, -0.2) is 0 Å². The van der Waals surface area contributed by atoms with E-state index >= 15 is 0 Å². The minimum Gasteiger partial charge on any atom is -0.507 e. The molecule has 0 bridgehead atoms. The van der Waals surface area contributed by atoms with Crippen molar-refractivity contribution in [2.75, 3.05) is 0 Å². The summed E-state index contributed by atoms with van der Waals surface area (Å²) in [7, 11) is 0. The highest BCUT2D eigenvalue weighted by Gasteiger charge is 2.25. The molecule has 0 spiro atoms. The van der Waals surface area contributed by atoms with E-state index in [0.29, 0.717) is 24.6 Å². The smallest absolute Gasteiger partial charge is 0.127 e. The third-order valence-corrected chi connectivity index (χ3v) is 8.27. The monoisotopic (exact) mass is 634 g/mol. The fourth-order valence-corrected chi connectivity index (χ4v) is 6.37. The molecule has 1 saturated carbocycles. The first-order valence-corrected chi connectivity index (χ1v) is 14.7. The van der Waals surface area contributed by atoms with Crippen LogP contribution < -0.4 is 10.6 Å². The predicted molar refractivity (Wildman–Crippen MR) is 162 cm³/mol. The van der Waals surface area contributed by atoms with Crippen LogP contribution in [0.4, 0.5) is 0 Å². The molecule has 4 aromatic carbocycles. The second kappa shape index (κ2) is 12.5. The van der Waals surface area contributed by atoms with Gasteiger partial charge in [0.05, 0.1) is 0 Å². The number of hydrogen-bond donors (Lipinski definition) is 4. The van der Waals surface area contributed by atoms with Gasteiger partial charge in [0.2, 0.25) is 0 Å². The lowest BCUT2D eigenvalue weighted by Crippen LogP contribution is -2.49. The molecule has 0 aliphatic heterocycles. The minimum atomic E-state index is 0.269. The van der Waals surface area contributed by atoms with Gasteiger partial charge < -0.3 is 20.8 Å². The zero-order valence-electron chi connectivity index (χ0n) is 21.1. The molecule has 1 aliphatic carbocycles. The van der Waals surface area contributed by atoms with Crippen molar-refractivity contribution in [1.82, 2.24) is 10.6 Å². The second-order valence-corrected chi connectivity index (χ2v) is 11.7.